The van der Waals surface area contributed by atoms with Crippen LogP contribution in [0.25, 0.3) is 0 Å². The summed E-state index contributed by atoms with van der Waals surface area (Å²) < 4.78 is 0. The van der Waals surface area contributed by atoms with Crippen molar-refractivity contribution < 1.29 is 9.90 Å². The Morgan fingerprint density at radius 1 is 1.38 bits per heavy atom. The fourth-order valence-corrected chi connectivity index (χ4v) is 1.88. The summed E-state index contributed by atoms with van der Waals surface area (Å²) in [5, 5.41) is 15.8. The third kappa shape index (κ3) is 2.46. The Morgan fingerprint density at radius 3 is 2.94 bits per heavy atom. The second-order valence-electron chi connectivity index (χ2n) is 3.77. The maximum absolute atomic E-state index is 11.4. The van der Waals surface area contributed by atoms with E-state index in [1.54, 1.807) is 12.1 Å². The minimum absolute atomic E-state index is 0.0180. The molecule has 0 aliphatic carbocycles. The van der Waals surface area contributed by atoms with Crippen LogP contribution in [0.4, 0.5) is 0 Å². The van der Waals surface area contributed by atoms with Gasteiger partial charge in [0.05, 0.1) is 5.02 Å². The van der Waals surface area contributed by atoms with Crippen LogP contribution in [-0.2, 0) is 4.79 Å². The molecule has 1 aromatic carbocycles. The molecule has 0 aromatic heterocycles. The minimum atomic E-state index is -0.0642. The Hall–Kier alpha value is -1.26. The van der Waals surface area contributed by atoms with Crippen molar-refractivity contribution in [3.63, 3.8) is 0 Å². The number of carbonyl (C=O) groups excluding carboxylic acids is 1. The molecule has 3 N–H and O–H groups in total. The van der Waals surface area contributed by atoms with Gasteiger partial charge in [0, 0.05) is 25.6 Å². The lowest BCUT2D eigenvalue weighted by atomic mass is 10.0. The van der Waals surface area contributed by atoms with Crippen LogP contribution in [0.3, 0.4) is 0 Å². The maximum Gasteiger partial charge on any atom is 0.221 e. The molecule has 0 bridgehead atoms. The van der Waals surface area contributed by atoms with E-state index in [-0.39, 0.29) is 17.7 Å². The number of rotatable bonds is 1. The van der Waals surface area contributed by atoms with Crippen molar-refractivity contribution in [2.45, 2.75) is 12.5 Å². The molecular weight excluding hydrogens is 228 g/mol. The molecule has 1 fully saturated rings. The van der Waals surface area contributed by atoms with Crippen molar-refractivity contribution in [1.29, 1.82) is 0 Å². The number of amides is 1. The molecule has 1 heterocycles. The lowest BCUT2D eigenvalue weighted by Crippen LogP contribution is -2.24. The zero-order valence-electron chi connectivity index (χ0n) is 8.66. The van der Waals surface area contributed by atoms with Crippen LogP contribution < -0.4 is 10.6 Å². The summed E-state index contributed by atoms with van der Waals surface area (Å²) in [5.41, 5.74) is 0.874. The number of nitrogens with one attached hydrogen (secondary N) is 2. The first kappa shape index (κ1) is 11.2. The number of hydrogen-bond acceptors (Lipinski definition) is 3. The molecule has 1 amide bonds. The third-order valence-corrected chi connectivity index (χ3v) is 2.92. The SMILES string of the molecule is O=C1CC(c2ccc(Cl)c(O)c2)NCCN1. The highest BCUT2D eigenvalue weighted by Gasteiger charge is 2.19. The molecule has 1 unspecified atom stereocenters. The summed E-state index contributed by atoms with van der Waals surface area (Å²) >= 11 is 5.73. The Kier molecular flexibility index (Phi) is 3.31. The number of halogens is 1. The van der Waals surface area contributed by atoms with Crippen LogP contribution in [0.2, 0.25) is 5.02 Å². The summed E-state index contributed by atoms with van der Waals surface area (Å²) in [4.78, 5) is 11.4. The van der Waals surface area contributed by atoms with Crippen LogP contribution in [-0.4, -0.2) is 24.1 Å². The first-order chi connectivity index (χ1) is 7.66. The van der Waals surface area contributed by atoms with E-state index in [1.807, 2.05) is 6.07 Å². The van der Waals surface area contributed by atoms with E-state index in [4.69, 9.17) is 11.6 Å². The van der Waals surface area contributed by atoms with Gasteiger partial charge in [0.15, 0.2) is 0 Å². The molecule has 1 aliphatic heterocycles. The lowest BCUT2D eigenvalue weighted by molar-refractivity contribution is -0.121. The Balaban J connectivity index is 2.21. The first-order valence-electron chi connectivity index (χ1n) is 5.15. The molecule has 16 heavy (non-hydrogen) atoms. The van der Waals surface area contributed by atoms with Crippen molar-refractivity contribution in [3.8, 4) is 5.75 Å². The van der Waals surface area contributed by atoms with Crippen LogP contribution in [0, 0.1) is 0 Å². The summed E-state index contributed by atoms with van der Waals surface area (Å²) in [6.45, 7) is 1.36. The summed E-state index contributed by atoms with van der Waals surface area (Å²) in [7, 11) is 0. The predicted molar refractivity (Wildman–Crippen MR) is 61.5 cm³/mol. The second kappa shape index (κ2) is 4.72. The second-order valence-corrected chi connectivity index (χ2v) is 4.18. The van der Waals surface area contributed by atoms with E-state index in [0.29, 0.717) is 18.0 Å². The number of benzene rings is 1. The monoisotopic (exact) mass is 240 g/mol. The van der Waals surface area contributed by atoms with E-state index in [2.05, 4.69) is 10.6 Å². The standard InChI is InChI=1S/C11H13ClN2O2/c12-8-2-1-7(5-10(8)15)9-6-11(16)14-4-3-13-9/h1-2,5,9,13,15H,3-4,6H2,(H,14,16). The van der Waals surface area contributed by atoms with Gasteiger partial charge >= 0.3 is 0 Å². The van der Waals surface area contributed by atoms with Gasteiger partial charge in [-0.05, 0) is 17.7 Å². The molecular formula is C11H13ClN2O2. The molecule has 0 spiro atoms. The zero-order chi connectivity index (χ0) is 11.5. The van der Waals surface area contributed by atoms with Crippen LogP contribution in [0.15, 0.2) is 18.2 Å². The largest absolute Gasteiger partial charge is 0.506 e. The molecule has 1 aromatic rings. The van der Waals surface area contributed by atoms with Gasteiger partial charge in [0.25, 0.3) is 0 Å². The number of carbonyl (C=O) groups is 1. The Bertz CT molecular complexity index is 409. The normalized spacial score (nSPS) is 21.3. The lowest BCUT2D eigenvalue weighted by Gasteiger charge is -2.15. The molecule has 5 heteroatoms. The molecule has 4 nitrogen and oxygen atoms in total. The third-order valence-electron chi connectivity index (χ3n) is 2.60. The number of phenolic OH excluding ortho intramolecular Hbond substituents is 1. The van der Waals surface area contributed by atoms with Crippen molar-refractivity contribution in [3.05, 3.63) is 28.8 Å². The van der Waals surface area contributed by atoms with Crippen LogP contribution >= 0.6 is 11.6 Å². The fraction of sp³-hybridized carbons (Fsp3) is 0.364. The Morgan fingerprint density at radius 2 is 2.19 bits per heavy atom. The van der Waals surface area contributed by atoms with E-state index in [9.17, 15) is 9.90 Å². The topological polar surface area (TPSA) is 61.4 Å². The fourth-order valence-electron chi connectivity index (χ4n) is 1.76. The van der Waals surface area contributed by atoms with Gasteiger partial charge in [-0.3, -0.25) is 4.79 Å². The van der Waals surface area contributed by atoms with Gasteiger partial charge in [-0.2, -0.15) is 0 Å². The van der Waals surface area contributed by atoms with E-state index in [0.717, 1.165) is 12.1 Å². The van der Waals surface area contributed by atoms with E-state index < -0.39 is 0 Å². The summed E-state index contributed by atoms with van der Waals surface area (Å²) in [5.74, 6) is 0.0649. The molecule has 0 radical (unpaired) electrons. The average molecular weight is 241 g/mol. The molecule has 86 valence electrons. The highest BCUT2D eigenvalue weighted by Crippen LogP contribution is 2.28. The van der Waals surface area contributed by atoms with Crippen molar-refractivity contribution in [2.24, 2.45) is 0 Å². The predicted octanol–water partition coefficient (Wildman–Crippen LogP) is 1.20. The number of hydrogen-bond donors (Lipinski definition) is 3. The molecule has 0 saturated carbocycles. The minimum Gasteiger partial charge on any atom is -0.506 e. The number of aromatic hydroxyl groups is 1. The quantitative estimate of drug-likeness (QED) is 0.691. The highest BCUT2D eigenvalue weighted by molar-refractivity contribution is 6.32. The number of phenols is 1. The van der Waals surface area contributed by atoms with Gasteiger partial charge in [-0.15, -0.1) is 0 Å². The molecule has 1 atom stereocenters. The first-order valence-corrected chi connectivity index (χ1v) is 5.53. The van der Waals surface area contributed by atoms with Crippen LogP contribution in [0.1, 0.15) is 18.0 Å². The zero-order valence-corrected chi connectivity index (χ0v) is 9.42. The van der Waals surface area contributed by atoms with Gasteiger partial charge in [-0.1, -0.05) is 17.7 Å². The van der Waals surface area contributed by atoms with Crippen LogP contribution in [0.5, 0.6) is 5.75 Å². The average Bonchev–Trinajstić information content (AvgIpc) is 2.47. The van der Waals surface area contributed by atoms with Crippen molar-refractivity contribution >= 4 is 17.5 Å². The summed E-state index contributed by atoms with van der Waals surface area (Å²) in [6, 6.07) is 4.99. The Labute approximate surface area is 98.6 Å². The molecule has 2 rings (SSSR count). The smallest absolute Gasteiger partial charge is 0.221 e. The van der Waals surface area contributed by atoms with Gasteiger partial charge < -0.3 is 15.7 Å². The summed E-state index contributed by atoms with van der Waals surface area (Å²) in [6.07, 6.45) is 0.376. The van der Waals surface area contributed by atoms with E-state index >= 15 is 0 Å². The van der Waals surface area contributed by atoms with Gasteiger partial charge in [-0.25, -0.2) is 0 Å². The van der Waals surface area contributed by atoms with Gasteiger partial charge in [0.2, 0.25) is 5.91 Å². The molecule has 1 saturated heterocycles. The van der Waals surface area contributed by atoms with Gasteiger partial charge in [0.1, 0.15) is 5.75 Å². The highest BCUT2D eigenvalue weighted by atomic mass is 35.5. The molecule has 1 aliphatic rings. The van der Waals surface area contributed by atoms with Crippen molar-refractivity contribution in [1.82, 2.24) is 10.6 Å². The van der Waals surface area contributed by atoms with Crippen molar-refractivity contribution in [2.75, 3.05) is 13.1 Å². The van der Waals surface area contributed by atoms with E-state index in [1.165, 1.54) is 0 Å². The maximum atomic E-state index is 11.4.